The molecule has 5 rings (SSSR count). The van der Waals surface area contributed by atoms with Crippen molar-refractivity contribution in [3.8, 4) is 22.8 Å². The van der Waals surface area contributed by atoms with E-state index in [4.69, 9.17) is 24.2 Å². The monoisotopic (exact) mass is 760 g/mol. The Bertz CT molecular complexity index is 1860. The van der Waals surface area contributed by atoms with E-state index in [-0.39, 0.29) is 22.8 Å². The molecule has 2 aromatic heterocycles. The molecule has 2 aliphatic rings. The van der Waals surface area contributed by atoms with E-state index in [1.54, 1.807) is 61.0 Å². The number of hydrogen-bond donors (Lipinski definition) is 1. The SMILES string of the molecule is CCC(=O)N1CCC2(CCN(c3cnc(N(C(=O)OC(C)(C)C)C(=O)OC(C)(C)C)c(-c4cnc(-c5ccc(CN(C)C(=O)OC(C)(C)C)cc5)[nH]4)n3)C2)C1. The summed E-state index contributed by atoms with van der Waals surface area (Å²) in [6.45, 7) is 20.7. The zero-order valence-corrected chi connectivity index (χ0v) is 34.1. The van der Waals surface area contributed by atoms with Crippen molar-refractivity contribution in [3.63, 3.8) is 0 Å². The van der Waals surface area contributed by atoms with Gasteiger partial charge < -0.3 is 33.9 Å². The first-order valence-corrected chi connectivity index (χ1v) is 18.8. The molecule has 15 heteroatoms. The molecule has 2 aliphatic heterocycles. The number of ether oxygens (including phenoxy) is 3. The lowest BCUT2D eigenvalue weighted by molar-refractivity contribution is -0.130. The van der Waals surface area contributed by atoms with E-state index < -0.39 is 35.1 Å². The zero-order chi connectivity index (χ0) is 40.5. The summed E-state index contributed by atoms with van der Waals surface area (Å²) in [6, 6.07) is 7.57. The molecule has 1 N–H and O–H groups in total. The normalized spacial score (nSPS) is 17.4. The van der Waals surface area contributed by atoms with Crippen molar-refractivity contribution < 1.29 is 33.4 Å². The van der Waals surface area contributed by atoms with Gasteiger partial charge in [-0.2, -0.15) is 4.90 Å². The number of aromatic amines is 1. The van der Waals surface area contributed by atoms with Crippen LogP contribution >= 0.6 is 0 Å². The maximum absolute atomic E-state index is 13.8. The standard InChI is InChI=1S/C40H56N8O7/c1-12-30(49)47-20-18-40(25-47)17-19-46(24-40)29-22-42-33(48(35(51)54-38(5,6)7)36(52)55-39(8,9)10)31(44-29)28-21-41-32(43-28)27-15-13-26(14-16-27)23-45(11)34(50)53-37(2,3)4/h13-16,21-22H,12,17-20,23-25H2,1-11H3,(H,41,43). The Labute approximate surface area is 323 Å². The molecule has 2 saturated heterocycles. The summed E-state index contributed by atoms with van der Waals surface area (Å²) in [4.78, 5) is 76.6. The number of amides is 4. The molecule has 4 heterocycles. The average Bonchev–Trinajstić information content (AvgIpc) is 3.83. The molecule has 4 amide bonds. The highest BCUT2D eigenvalue weighted by Crippen LogP contribution is 2.42. The van der Waals surface area contributed by atoms with Gasteiger partial charge in [0.2, 0.25) is 5.91 Å². The molecule has 1 atom stereocenters. The van der Waals surface area contributed by atoms with Crippen molar-refractivity contribution in [3.05, 3.63) is 42.2 Å². The second kappa shape index (κ2) is 15.5. The molecule has 0 aliphatic carbocycles. The Balaban J connectivity index is 1.50. The summed E-state index contributed by atoms with van der Waals surface area (Å²) in [7, 11) is 1.68. The molecule has 0 radical (unpaired) electrons. The van der Waals surface area contributed by atoms with E-state index in [0.29, 0.717) is 49.9 Å². The fourth-order valence-electron chi connectivity index (χ4n) is 6.60. The Kier molecular flexibility index (Phi) is 11.5. The molecule has 2 fully saturated rings. The van der Waals surface area contributed by atoms with Crippen LogP contribution in [-0.2, 0) is 25.5 Å². The predicted octanol–water partition coefficient (Wildman–Crippen LogP) is 7.42. The summed E-state index contributed by atoms with van der Waals surface area (Å²) >= 11 is 0. The van der Waals surface area contributed by atoms with Gasteiger partial charge in [-0.25, -0.2) is 29.3 Å². The van der Waals surface area contributed by atoms with E-state index in [1.165, 1.54) is 4.90 Å². The number of carbonyl (C=O) groups excluding carboxylic acids is 4. The van der Waals surface area contributed by atoms with Crippen LogP contribution in [-0.4, -0.2) is 104 Å². The lowest BCUT2D eigenvalue weighted by Gasteiger charge is -2.29. The largest absolute Gasteiger partial charge is 0.444 e. The van der Waals surface area contributed by atoms with Gasteiger partial charge in [-0.1, -0.05) is 31.2 Å². The number of imide groups is 1. The highest BCUT2D eigenvalue weighted by molar-refractivity contribution is 6.10. The molecule has 1 aromatic carbocycles. The molecule has 55 heavy (non-hydrogen) atoms. The van der Waals surface area contributed by atoms with Gasteiger partial charge in [0.25, 0.3) is 0 Å². The van der Waals surface area contributed by atoms with Crippen molar-refractivity contribution in [2.24, 2.45) is 5.41 Å². The van der Waals surface area contributed by atoms with Crippen LogP contribution in [0.5, 0.6) is 0 Å². The van der Waals surface area contributed by atoms with Crippen molar-refractivity contribution in [1.29, 1.82) is 0 Å². The van der Waals surface area contributed by atoms with Crippen LogP contribution in [0.15, 0.2) is 36.7 Å². The highest BCUT2D eigenvalue weighted by atomic mass is 16.6. The Morgan fingerprint density at radius 1 is 0.800 bits per heavy atom. The third-order valence-electron chi connectivity index (χ3n) is 9.14. The number of benzene rings is 1. The van der Waals surface area contributed by atoms with Crippen LogP contribution in [0.2, 0.25) is 0 Å². The number of hydrogen-bond acceptors (Lipinski definition) is 11. The molecule has 298 valence electrons. The van der Waals surface area contributed by atoms with Crippen LogP contribution in [0.3, 0.4) is 0 Å². The van der Waals surface area contributed by atoms with Crippen molar-refractivity contribution in [2.75, 3.05) is 43.0 Å². The molecule has 1 unspecified atom stereocenters. The minimum atomic E-state index is -0.969. The maximum atomic E-state index is 13.8. The van der Waals surface area contributed by atoms with Crippen LogP contribution in [0.25, 0.3) is 22.8 Å². The minimum absolute atomic E-state index is 0.0561. The molecule has 1 spiro atoms. The number of likely N-dealkylation sites (tertiary alicyclic amines) is 1. The second-order valence-corrected chi connectivity index (χ2v) is 17.5. The number of carbonyl (C=O) groups is 4. The van der Waals surface area contributed by atoms with Crippen LogP contribution in [0, 0.1) is 5.41 Å². The van der Waals surface area contributed by atoms with Crippen LogP contribution in [0.4, 0.5) is 26.0 Å². The van der Waals surface area contributed by atoms with Gasteiger partial charge >= 0.3 is 18.3 Å². The molecule has 15 nitrogen and oxygen atoms in total. The predicted molar refractivity (Wildman–Crippen MR) is 208 cm³/mol. The van der Waals surface area contributed by atoms with Crippen molar-refractivity contribution >= 4 is 35.8 Å². The number of anilines is 2. The van der Waals surface area contributed by atoms with Gasteiger partial charge in [0.1, 0.15) is 34.1 Å². The Hall–Kier alpha value is -5.21. The first kappa shape index (κ1) is 41.0. The zero-order valence-electron chi connectivity index (χ0n) is 34.1. The van der Waals surface area contributed by atoms with E-state index in [2.05, 4.69) is 14.9 Å². The first-order chi connectivity index (χ1) is 25.6. The van der Waals surface area contributed by atoms with Gasteiger partial charge in [-0.3, -0.25) is 4.79 Å². The Morgan fingerprint density at radius 3 is 1.96 bits per heavy atom. The molecular formula is C40H56N8O7. The van der Waals surface area contributed by atoms with E-state index in [1.807, 2.05) is 56.9 Å². The highest BCUT2D eigenvalue weighted by Gasteiger charge is 2.45. The fraction of sp³-hybridized carbons (Fsp3) is 0.575. The molecule has 0 saturated carbocycles. The van der Waals surface area contributed by atoms with Gasteiger partial charge in [0.15, 0.2) is 5.82 Å². The van der Waals surface area contributed by atoms with Gasteiger partial charge in [0.05, 0.1) is 18.1 Å². The average molecular weight is 761 g/mol. The van der Waals surface area contributed by atoms with E-state index in [0.717, 1.165) is 35.4 Å². The third-order valence-corrected chi connectivity index (χ3v) is 9.14. The van der Waals surface area contributed by atoms with Gasteiger partial charge in [-0.15, -0.1) is 0 Å². The maximum Gasteiger partial charge on any atom is 0.425 e. The number of nitrogens with zero attached hydrogens (tertiary/aromatic N) is 7. The summed E-state index contributed by atoms with van der Waals surface area (Å²) in [5, 5.41) is 0. The summed E-state index contributed by atoms with van der Waals surface area (Å²) < 4.78 is 16.8. The summed E-state index contributed by atoms with van der Waals surface area (Å²) in [6.07, 6.45) is 3.04. The Morgan fingerprint density at radius 2 is 1.38 bits per heavy atom. The number of H-pyrrole nitrogens is 1. The molecular weight excluding hydrogens is 704 g/mol. The lowest BCUT2D eigenvalue weighted by atomic mass is 9.86. The van der Waals surface area contributed by atoms with Gasteiger partial charge in [-0.05, 0) is 80.7 Å². The van der Waals surface area contributed by atoms with Crippen LogP contribution < -0.4 is 9.80 Å². The topological polar surface area (TPSA) is 163 Å². The van der Waals surface area contributed by atoms with E-state index >= 15 is 0 Å². The first-order valence-electron chi connectivity index (χ1n) is 18.8. The quantitative estimate of drug-likeness (QED) is 0.239. The molecule has 3 aromatic rings. The van der Waals surface area contributed by atoms with E-state index in [9.17, 15) is 19.2 Å². The summed E-state index contributed by atoms with van der Waals surface area (Å²) in [5.74, 6) is 1.13. The smallest absolute Gasteiger partial charge is 0.425 e. The second-order valence-electron chi connectivity index (χ2n) is 17.5. The van der Waals surface area contributed by atoms with Gasteiger partial charge in [0, 0.05) is 57.2 Å². The van der Waals surface area contributed by atoms with Crippen LogP contribution in [0.1, 0.15) is 94.1 Å². The summed E-state index contributed by atoms with van der Waals surface area (Å²) in [5.41, 5.74) is -0.278. The third kappa shape index (κ3) is 10.3. The molecule has 0 bridgehead atoms. The number of rotatable bonds is 7. The lowest BCUT2D eigenvalue weighted by Crippen LogP contribution is -2.44. The van der Waals surface area contributed by atoms with Crippen molar-refractivity contribution in [1.82, 2.24) is 29.7 Å². The number of aromatic nitrogens is 4. The number of nitrogens with one attached hydrogen (secondary N) is 1. The van der Waals surface area contributed by atoms with Crippen molar-refractivity contribution in [2.45, 2.75) is 112 Å². The fourth-order valence-corrected chi connectivity index (χ4v) is 6.60. The number of imidazole rings is 1. The minimum Gasteiger partial charge on any atom is -0.444 e.